The Balaban J connectivity index is 1.80. The summed E-state index contributed by atoms with van der Waals surface area (Å²) in [4.78, 5) is 24.7. The van der Waals surface area contributed by atoms with Crippen LogP contribution in [0.25, 0.3) is 21.8 Å². The number of benzene rings is 1. The van der Waals surface area contributed by atoms with E-state index in [2.05, 4.69) is 9.55 Å². The van der Waals surface area contributed by atoms with Gasteiger partial charge in [0.2, 0.25) is 5.56 Å². The maximum atomic E-state index is 13.8. The van der Waals surface area contributed by atoms with Gasteiger partial charge in [0.15, 0.2) is 0 Å². The molecular formula is C26H33F3N2O2. The number of nitrogens with one attached hydrogen (secondary N) is 1. The lowest BCUT2D eigenvalue weighted by molar-refractivity contribution is -0.136. The van der Waals surface area contributed by atoms with Crippen molar-refractivity contribution in [2.45, 2.75) is 90.8 Å². The van der Waals surface area contributed by atoms with E-state index in [9.17, 15) is 22.8 Å². The van der Waals surface area contributed by atoms with Crippen LogP contribution in [0.3, 0.4) is 0 Å². The third-order valence-electron chi connectivity index (χ3n) is 6.50. The molecule has 7 heteroatoms. The normalized spacial score (nSPS) is 12.2. The minimum absolute atomic E-state index is 0.0835. The number of H-pyrrole nitrogens is 1. The molecule has 0 spiro atoms. The van der Waals surface area contributed by atoms with Gasteiger partial charge in [0.1, 0.15) is 6.29 Å². The second-order valence-electron chi connectivity index (χ2n) is 8.79. The molecule has 2 aromatic heterocycles. The van der Waals surface area contributed by atoms with Gasteiger partial charge in [-0.3, -0.25) is 4.79 Å². The SMILES string of the molecule is CCc1c(C)c2c3c(C(F)(F)F)cc(=O)[nH]c3ccc2n1CCCCCCCCCCC=O. The maximum absolute atomic E-state index is 13.8. The van der Waals surface area contributed by atoms with Crippen LogP contribution < -0.4 is 5.56 Å². The summed E-state index contributed by atoms with van der Waals surface area (Å²) in [5, 5.41) is 0.670. The van der Waals surface area contributed by atoms with Crippen molar-refractivity contribution in [2.24, 2.45) is 0 Å². The molecule has 3 aromatic rings. The van der Waals surface area contributed by atoms with Crippen LogP contribution >= 0.6 is 0 Å². The molecule has 0 aliphatic carbocycles. The van der Waals surface area contributed by atoms with Crippen LogP contribution in [0.5, 0.6) is 0 Å². The molecule has 1 aromatic carbocycles. The first kappa shape index (κ1) is 25.1. The number of aldehydes is 1. The fourth-order valence-corrected chi connectivity index (χ4v) is 4.94. The first-order valence-corrected chi connectivity index (χ1v) is 12.0. The second kappa shape index (κ2) is 11.0. The fraction of sp³-hybridized carbons (Fsp3) is 0.538. The van der Waals surface area contributed by atoms with Gasteiger partial charge in [0, 0.05) is 46.5 Å². The molecule has 0 aliphatic heterocycles. The van der Waals surface area contributed by atoms with Gasteiger partial charge in [-0.05, 0) is 43.9 Å². The predicted octanol–water partition coefficient (Wildman–Crippen LogP) is 7.08. The summed E-state index contributed by atoms with van der Waals surface area (Å²) in [5.41, 5.74) is 1.30. The number of alkyl halides is 3. The van der Waals surface area contributed by atoms with Gasteiger partial charge < -0.3 is 14.3 Å². The number of halogens is 3. The summed E-state index contributed by atoms with van der Waals surface area (Å²) < 4.78 is 43.6. The van der Waals surface area contributed by atoms with E-state index in [4.69, 9.17) is 0 Å². The predicted molar refractivity (Wildman–Crippen MR) is 127 cm³/mol. The van der Waals surface area contributed by atoms with E-state index in [1.54, 1.807) is 6.07 Å². The Morgan fingerprint density at radius 1 is 0.970 bits per heavy atom. The Hall–Kier alpha value is -2.57. The number of carbonyl (C=O) groups excluding carboxylic acids is 1. The highest BCUT2D eigenvalue weighted by Gasteiger charge is 2.34. The zero-order valence-electron chi connectivity index (χ0n) is 19.5. The van der Waals surface area contributed by atoms with E-state index >= 15 is 0 Å². The summed E-state index contributed by atoms with van der Waals surface area (Å²) in [7, 11) is 0. The van der Waals surface area contributed by atoms with E-state index in [1.165, 1.54) is 12.8 Å². The smallest absolute Gasteiger partial charge is 0.344 e. The molecule has 180 valence electrons. The Bertz CT molecular complexity index is 1160. The molecule has 0 atom stereocenters. The van der Waals surface area contributed by atoms with Crippen molar-refractivity contribution in [3.63, 3.8) is 0 Å². The van der Waals surface area contributed by atoms with Gasteiger partial charge in [-0.15, -0.1) is 0 Å². The highest BCUT2D eigenvalue weighted by atomic mass is 19.4. The van der Waals surface area contributed by atoms with E-state index in [1.807, 2.05) is 19.9 Å². The quantitative estimate of drug-likeness (QED) is 0.231. The average molecular weight is 463 g/mol. The molecule has 0 aliphatic rings. The van der Waals surface area contributed by atoms with Crippen molar-refractivity contribution < 1.29 is 18.0 Å². The molecule has 0 saturated carbocycles. The van der Waals surface area contributed by atoms with Crippen LogP contribution in [0.15, 0.2) is 23.0 Å². The monoisotopic (exact) mass is 462 g/mol. The third-order valence-corrected chi connectivity index (χ3v) is 6.50. The molecule has 1 N–H and O–H groups in total. The van der Waals surface area contributed by atoms with Gasteiger partial charge in [-0.25, -0.2) is 0 Å². The van der Waals surface area contributed by atoms with E-state index in [0.29, 0.717) is 17.9 Å². The van der Waals surface area contributed by atoms with Crippen molar-refractivity contribution >= 4 is 28.1 Å². The van der Waals surface area contributed by atoms with E-state index in [-0.39, 0.29) is 10.9 Å². The summed E-state index contributed by atoms with van der Waals surface area (Å²) in [6, 6.07) is 4.09. The Labute approximate surface area is 192 Å². The number of rotatable bonds is 12. The number of hydrogen-bond donors (Lipinski definition) is 1. The van der Waals surface area contributed by atoms with E-state index < -0.39 is 17.3 Å². The first-order valence-electron chi connectivity index (χ1n) is 12.0. The lowest BCUT2D eigenvalue weighted by atomic mass is 10.0. The van der Waals surface area contributed by atoms with Crippen LogP contribution in [0, 0.1) is 6.92 Å². The molecule has 2 heterocycles. The Morgan fingerprint density at radius 2 is 1.61 bits per heavy atom. The van der Waals surface area contributed by atoms with Crippen LogP contribution in [0.4, 0.5) is 13.2 Å². The number of aromatic amines is 1. The number of carbonyl (C=O) groups is 1. The third kappa shape index (κ3) is 5.68. The van der Waals surface area contributed by atoms with Crippen molar-refractivity contribution in [1.29, 1.82) is 0 Å². The molecule has 0 amide bonds. The fourth-order valence-electron chi connectivity index (χ4n) is 4.94. The number of fused-ring (bicyclic) bond motifs is 3. The summed E-state index contributed by atoms with van der Waals surface area (Å²) in [6.45, 7) is 4.67. The Morgan fingerprint density at radius 3 is 2.21 bits per heavy atom. The number of aryl methyl sites for hydroxylation is 2. The number of unbranched alkanes of at least 4 members (excludes halogenated alkanes) is 8. The van der Waals surface area contributed by atoms with E-state index in [0.717, 1.165) is 74.6 Å². The zero-order chi connectivity index (χ0) is 24.0. The zero-order valence-corrected chi connectivity index (χ0v) is 19.5. The van der Waals surface area contributed by atoms with Crippen molar-refractivity contribution in [3.05, 3.63) is 45.4 Å². The van der Waals surface area contributed by atoms with Crippen molar-refractivity contribution in [2.75, 3.05) is 0 Å². The molecule has 0 unspecified atom stereocenters. The van der Waals surface area contributed by atoms with Gasteiger partial charge in [0.05, 0.1) is 5.56 Å². The van der Waals surface area contributed by atoms with Gasteiger partial charge in [-0.2, -0.15) is 13.2 Å². The standard InChI is InChI=1S/C26H33F3N2O2/c1-3-21-18(2)24-22(31(21)15-11-9-7-5-4-6-8-10-12-16-32)14-13-20-25(24)19(26(27,28)29)17-23(33)30-20/h13-14,16-17H,3-12,15H2,1-2H3,(H,30,33). The lowest BCUT2D eigenvalue weighted by Crippen LogP contribution is -2.14. The molecule has 4 nitrogen and oxygen atoms in total. The van der Waals surface area contributed by atoms with Gasteiger partial charge in [-0.1, -0.05) is 45.4 Å². The van der Waals surface area contributed by atoms with Crippen LogP contribution in [-0.4, -0.2) is 15.8 Å². The molecule has 33 heavy (non-hydrogen) atoms. The number of hydrogen-bond acceptors (Lipinski definition) is 2. The number of aromatic nitrogens is 2. The van der Waals surface area contributed by atoms with Crippen molar-refractivity contribution in [3.8, 4) is 0 Å². The summed E-state index contributed by atoms with van der Waals surface area (Å²) in [5.74, 6) is 0. The van der Waals surface area contributed by atoms with Crippen LogP contribution in [-0.2, 0) is 23.9 Å². The van der Waals surface area contributed by atoms with Crippen molar-refractivity contribution in [1.82, 2.24) is 9.55 Å². The largest absolute Gasteiger partial charge is 0.417 e. The summed E-state index contributed by atoms with van der Waals surface area (Å²) in [6.07, 6.45) is 6.51. The molecule has 0 bridgehead atoms. The topological polar surface area (TPSA) is 54.9 Å². The molecular weight excluding hydrogens is 429 g/mol. The molecule has 3 rings (SSSR count). The van der Waals surface area contributed by atoms with Crippen LogP contribution in [0.2, 0.25) is 0 Å². The molecule has 0 fully saturated rings. The highest BCUT2D eigenvalue weighted by molar-refractivity contribution is 6.09. The number of nitrogens with zero attached hydrogens (tertiary/aromatic N) is 1. The average Bonchev–Trinajstić information content (AvgIpc) is 3.04. The summed E-state index contributed by atoms with van der Waals surface area (Å²) >= 11 is 0. The lowest BCUT2D eigenvalue weighted by Gasteiger charge is -2.12. The minimum atomic E-state index is -4.60. The highest BCUT2D eigenvalue weighted by Crippen LogP contribution is 2.39. The first-order chi connectivity index (χ1) is 15.8. The maximum Gasteiger partial charge on any atom is 0.417 e. The minimum Gasteiger partial charge on any atom is -0.344 e. The number of pyridine rings is 1. The van der Waals surface area contributed by atoms with Crippen LogP contribution in [0.1, 0.15) is 81.5 Å². The Kier molecular flexibility index (Phi) is 8.38. The molecule has 0 radical (unpaired) electrons. The second-order valence-corrected chi connectivity index (χ2v) is 8.79. The van der Waals surface area contributed by atoms with Gasteiger partial charge in [0.25, 0.3) is 0 Å². The molecule has 0 saturated heterocycles. The van der Waals surface area contributed by atoms with Gasteiger partial charge >= 0.3 is 6.18 Å².